The zero-order valence-corrected chi connectivity index (χ0v) is 12.6. The van der Waals surface area contributed by atoms with Crippen molar-refractivity contribution in [2.75, 3.05) is 6.26 Å². The van der Waals surface area contributed by atoms with Crippen molar-refractivity contribution >= 4 is 39.3 Å². The van der Waals surface area contributed by atoms with E-state index in [1.54, 1.807) is 12.1 Å². The van der Waals surface area contributed by atoms with Gasteiger partial charge in [0, 0.05) is 30.0 Å². The van der Waals surface area contributed by atoms with Crippen LogP contribution in [0.15, 0.2) is 42.5 Å². The first kappa shape index (κ1) is 13.8. The van der Waals surface area contributed by atoms with E-state index in [4.69, 9.17) is 4.18 Å². The van der Waals surface area contributed by atoms with Gasteiger partial charge in [-0.05, 0) is 24.3 Å². The van der Waals surface area contributed by atoms with E-state index in [9.17, 15) is 10.1 Å². The minimum Gasteiger partial charge on any atom is -0.426 e. The average Bonchev–Trinajstić information content (AvgIpc) is 2.91. The molecule has 0 unspecified atom stereocenters. The molecule has 21 heavy (non-hydrogen) atoms. The van der Waals surface area contributed by atoms with Gasteiger partial charge < -0.3 is 4.18 Å². The van der Waals surface area contributed by atoms with Crippen LogP contribution in [0.1, 0.15) is 0 Å². The van der Waals surface area contributed by atoms with E-state index in [1.165, 1.54) is 35.5 Å². The van der Waals surface area contributed by atoms with Crippen molar-refractivity contribution in [2.24, 2.45) is 0 Å². The molecule has 0 atom stereocenters. The van der Waals surface area contributed by atoms with Crippen LogP contribution in [0.2, 0.25) is 0 Å². The Kier molecular flexibility index (Phi) is 3.76. The summed E-state index contributed by atoms with van der Waals surface area (Å²) >= 11 is 2.83. The molecule has 2 aromatic carbocycles. The molecule has 0 saturated carbocycles. The Morgan fingerprint density at radius 3 is 2.67 bits per heavy atom. The fraction of sp³-hybridized carbons (Fsp3) is 0.0714. The standard InChI is InChI=1S/C14H10N2O3S2/c1-20-19-11-6-7-12-13(8-11)21-14(15-12)9-2-4-10(5-3-9)16(17)18/h2-8H,1H3. The Bertz CT molecular complexity index is 800. The minimum absolute atomic E-state index is 0.0792. The lowest BCUT2D eigenvalue weighted by Gasteiger charge is -1.98. The highest BCUT2D eigenvalue weighted by Crippen LogP contribution is 2.33. The summed E-state index contributed by atoms with van der Waals surface area (Å²) < 4.78 is 6.41. The predicted molar refractivity (Wildman–Crippen MR) is 85.9 cm³/mol. The van der Waals surface area contributed by atoms with Gasteiger partial charge in [0.05, 0.1) is 27.2 Å². The maximum Gasteiger partial charge on any atom is 0.269 e. The summed E-state index contributed by atoms with van der Waals surface area (Å²) in [5.41, 5.74) is 1.84. The summed E-state index contributed by atoms with van der Waals surface area (Å²) in [6.45, 7) is 0. The van der Waals surface area contributed by atoms with Crippen LogP contribution in [0.3, 0.4) is 0 Å². The van der Waals surface area contributed by atoms with Gasteiger partial charge in [-0.15, -0.1) is 11.3 Å². The largest absolute Gasteiger partial charge is 0.426 e. The monoisotopic (exact) mass is 318 g/mol. The molecule has 1 aromatic heterocycles. The van der Waals surface area contributed by atoms with Crippen molar-refractivity contribution in [3.8, 4) is 16.3 Å². The van der Waals surface area contributed by atoms with Gasteiger partial charge in [-0.2, -0.15) is 0 Å². The maximum absolute atomic E-state index is 10.7. The molecule has 0 saturated heterocycles. The second-order valence-corrected chi connectivity index (χ2v) is 5.73. The number of nitro groups is 1. The van der Waals surface area contributed by atoms with Crippen LogP contribution in [-0.2, 0) is 0 Å². The van der Waals surface area contributed by atoms with Crippen molar-refractivity contribution in [2.45, 2.75) is 0 Å². The molecule has 0 bridgehead atoms. The third-order valence-electron chi connectivity index (χ3n) is 2.86. The third-order valence-corrected chi connectivity index (χ3v) is 4.29. The first-order chi connectivity index (χ1) is 10.2. The zero-order valence-electron chi connectivity index (χ0n) is 11.0. The zero-order chi connectivity index (χ0) is 14.8. The second kappa shape index (κ2) is 5.71. The van der Waals surface area contributed by atoms with Crippen molar-refractivity contribution in [3.05, 3.63) is 52.6 Å². The minimum atomic E-state index is -0.409. The summed E-state index contributed by atoms with van der Waals surface area (Å²) in [6.07, 6.45) is 1.86. The van der Waals surface area contributed by atoms with E-state index in [1.807, 2.05) is 24.5 Å². The summed E-state index contributed by atoms with van der Waals surface area (Å²) in [7, 11) is 0. The first-order valence-corrected chi connectivity index (χ1v) is 8.00. The molecule has 0 aliphatic carbocycles. The molecule has 0 amide bonds. The number of rotatable bonds is 4. The Morgan fingerprint density at radius 1 is 1.24 bits per heavy atom. The van der Waals surface area contributed by atoms with Crippen LogP contribution in [0.5, 0.6) is 5.75 Å². The number of non-ortho nitro benzene ring substituents is 1. The number of hydrogen-bond acceptors (Lipinski definition) is 6. The first-order valence-electron chi connectivity index (χ1n) is 6.03. The van der Waals surface area contributed by atoms with E-state index in [-0.39, 0.29) is 5.69 Å². The predicted octanol–water partition coefficient (Wildman–Crippen LogP) is 4.53. The number of nitrogens with zero attached hydrogens (tertiary/aromatic N) is 2. The van der Waals surface area contributed by atoms with Crippen molar-refractivity contribution in [3.63, 3.8) is 0 Å². The number of fused-ring (bicyclic) bond motifs is 1. The van der Waals surface area contributed by atoms with Gasteiger partial charge in [0.25, 0.3) is 5.69 Å². The van der Waals surface area contributed by atoms with E-state index in [0.717, 1.165) is 26.5 Å². The molecule has 3 aromatic rings. The van der Waals surface area contributed by atoms with E-state index >= 15 is 0 Å². The van der Waals surface area contributed by atoms with Gasteiger partial charge in [-0.3, -0.25) is 10.1 Å². The van der Waals surface area contributed by atoms with Gasteiger partial charge in [0.15, 0.2) is 0 Å². The molecule has 7 heteroatoms. The van der Waals surface area contributed by atoms with Gasteiger partial charge in [0.2, 0.25) is 0 Å². The molecule has 0 aliphatic rings. The molecule has 1 heterocycles. The molecule has 0 spiro atoms. The number of nitro benzene ring substituents is 1. The van der Waals surface area contributed by atoms with Gasteiger partial charge in [-0.25, -0.2) is 4.98 Å². The number of aromatic nitrogens is 1. The fourth-order valence-corrected chi connectivity index (χ4v) is 3.20. The Labute approximate surface area is 128 Å². The molecule has 106 valence electrons. The Hall–Kier alpha value is -2.12. The SMILES string of the molecule is CSOc1ccc2nc(-c3ccc([N+](=O)[O-])cc3)sc2c1. The Morgan fingerprint density at radius 2 is 2.00 bits per heavy atom. The van der Waals surface area contributed by atoms with Crippen LogP contribution in [0.25, 0.3) is 20.8 Å². The van der Waals surface area contributed by atoms with E-state index < -0.39 is 4.92 Å². The lowest BCUT2D eigenvalue weighted by atomic mass is 10.2. The molecular formula is C14H10N2O3S2. The lowest BCUT2D eigenvalue weighted by molar-refractivity contribution is -0.384. The fourth-order valence-electron chi connectivity index (χ4n) is 1.90. The third kappa shape index (κ3) is 2.84. The van der Waals surface area contributed by atoms with E-state index in [2.05, 4.69) is 4.98 Å². The van der Waals surface area contributed by atoms with Crippen LogP contribution in [0.4, 0.5) is 5.69 Å². The number of benzene rings is 2. The van der Waals surface area contributed by atoms with Crippen molar-refractivity contribution in [1.29, 1.82) is 0 Å². The average molecular weight is 318 g/mol. The van der Waals surface area contributed by atoms with Crippen LogP contribution < -0.4 is 4.18 Å². The molecule has 0 aliphatic heterocycles. The summed E-state index contributed by atoms with van der Waals surface area (Å²) in [4.78, 5) is 14.8. The quantitative estimate of drug-likeness (QED) is 0.402. The number of hydrogen-bond donors (Lipinski definition) is 0. The highest BCUT2D eigenvalue weighted by atomic mass is 32.2. The van der Waals surface area contributed by atoms with Crippen LogP contribution in [0, 0.1) is 10.1 Å². The Balaban J connectivity index is 1.98. The van der Waals surface area contributed by atoms with Gasteiger partial charge in [-0.1, -0.05) is 0 Å². The summed E-state index contributed by atoms with van der Waals surface area (Å²) in [5, 5.41) is 11.5. The molecular weight excluding hydrogens is 308 g/mol. The normalized spacial score (nSPS) is 10.7. The topological polar surface area (TPSA) is 65.3 Å². The maximum atomic E-state index is 10.7. The summed E-state index contributed by atoms with van der Waals surface area (Å²) in [6, 6.07) is 12.1. The second-order valence-electron chi connectivity index (χ2n) is 4.20. The molecule has 0 fully saturated rings. The van der Waals surface area contributed by atoms with E-state index in [0.29, 0.717) is 0 Å². The highest BCUT2D eigenvalue weighted by Gasteiger charge is 2.10. The number of thiazole rings is 1. The van der Waals surface area contributed by atoms with Crippen LogP contribution in [-0.4, -0.2) is 16.2 Å². The van der Waals surface area contributed by atoms with Crippen molar-refractivity contribution in [1.82, 2.24) is 4.98 Å². The molecule has 5 nitrogen and oxygen atoms in total. The van der Waals surface area contributed by atoms with Crippen LogP contribution >= 0.6 is 23.4 Å². The summed E-state index contributed by atoms with van der Waals surface area (Å²) in [5.74, 6) is 0.786. The lowest BCUT2D eigenvalue weighted by Crippen LogP contribution is -1.86. The van der Waals surface area contributed by atoms with Gasteiger partial charge in [0.1, 0.15) is 10.8 Å². The molecule has 3 rings (SSSR count). The highest BCUT2D eigenvalue weighted by molar-refractivity contribution is 7.94. The smallest absolute Gasteiger partial charge is 0.269 e. The molecule has 0 radical (unpaired) electrons. The van der Waals surface area contributed by atoms with Crippen molar-refractivity contribution < 1.29 is 9.11 Å². The van der Waals surface area contributed by atoms with Gasteiger partial charge >= 0.3 is 0 Å². The molecule has 0 N–H and O–H groups in total.